The minimum Gasteiger partial charge on any atom is -0.330 e. The van der Waals surface area contributed by atoms with Crippen molar-refractivity contribution in [3.8, 4) is 5.82 Å². The molecule has 4 rings (SSSR count). The Morgan fingerprint density at radius 2 is 2.00 bits per heavy atom. The van der Waals surface area contributed by atoms with Gasteiger partial charge in [0.15, 0.2) is 10.3 Å². The number of aromatic amines is 1. The number of nitrogens with one attached hydrogen (secondary N) is 1. The summed E-state index contributed by atoms with van der Waals surface area (Å²) in [5.41, 5.74) is 4.28. The number of imidazole rings is 1. The number of thioether (sulfide) groups is 1. The maximum absolute atomic E-state index is 6.20. The van der Waals surface area contributed by atoms with E-state index in [1.54, 1.807) is 16.4 Å². The van der Waals surface area contributed by atoms with Crippen molar-refractivity contribution in [2.45, 2.75) is 24.8 Å². The molecule has 0 aliphatic carbocycles. The summed E-state index contributed by atoms with van der Waals surface area (Å²) >= 11 is 13.8. The predicted octanol–water partition coefficient (Wildman–Crippen LogP) is 4.75. The zero-order chi connectivity index (χ0) is 18.3. The van der Waals surface area contributed by atoms with Crippen LogP contribution in [0.1, 0.15) is 17.0 Å². The lowest BCUT2D eigenvalue weighted by molar-refractivity contribution is 0.789. The molecule has 9 heteroatoms. The quantitative estimate of drug-likeness (QED) is 0.496. The van der Waals surface area contributed by atoms with E-state index in [-0.39, 0.29) is 5.15 Å². The van der Waals surface area contributed by atoms with Gasteiger partial charge in [-0.05, 0) is 37.6 Å². The third kappa shape index (κ3) is 3.30. The topological polar surface area (TPSA) is 72.3 Å². The Bertz CT molecular complexity index is 1100. The smallest absolute Gasteiger partial charge is 0.202 e. The van der Waals surface area contributed by atoms with E-state index >= 15 is 0 Å². The number of rotatable bonds is 4. The molecule has 3 aromatic heterocycles. The number of fused-ring (bicyclic) bond motifs is 1. The van der Waals surface area contributed by atoms with E-state index in [9.17, 15) is 0 Å². The predicted molar refractivity (Wildman–Crippen MR) is 104 cm³/mol. The first-order chi connectivity index (χ1) is 12.5. The summed E-state index contributed by atoms with van der Waals surface area (Å²) in [6.45, 7) is 3.90. The van der Waals surface area contributed by atoms with Crippen LogP contribution >= 0.6 is 35.0 Å². The minimum atomic E-state index is 0.260. The highest BCUT2D eigenvalue weighted by molar-refractivity contribution is 7.98. The summed E-state index contributed by atoms with van der Waals surface area (Å²) in [4.78, 5) is 7.87. The van der Waals surface area contributed by atoms with Crippen molar-refractivity contribution in [1.82, 2.24) is 29.9 Å². The van der Waals surface area contributed by atoms with Crippen LogP contribution in [0.15, 0.2) is 35.5 Å². The van der Waals surface area contributed by atoms with E-state index < -0.39 is 0 Å². The van der Waals surface area contributed by atoms with Gasteiger partial charge in [0.2, 0.25) is 5.82 Å². The van der Waals surface area contributed by atoms with Crippen LogP contribution in [0.2, 0.25) is 10.2 Å². The van der Waals surface area contributed by atoms with Crippen molar-refractivity contribution in [2.75, 3.05) is 0 Å². The molecule has 6 nitrogen and oxygen atoms in total. The second-order valence-corrected chi connectivity index (χ2v) is 7.60. The fourth-order valence-electron chi connectivity index (χ4n) is 2.69. The van der Waals surface area contributed by atoms with Crippen LogP contribution in [0.3, 0.4) is 0 Å². The molecular formula is C17H14Cl2N6S. The molecule has 0 amide bonds. The first kappa shape index (κ1) is 17.3. The van der Waals surface area contributed by atoms with Crippen molar-refractivity contribution < 1.29 is 0 Å². The number of benzene rings is 1. The van der Waals surface area contributed by atoms with E-state index in [0.29, 0.717) is 16.9 Å². The van der Waals surface area contributed by atoms with Crippen LogP contribution < -0.4 is 0 Å². The van der Waals surface area contributed by atoms with Crippen molar-refractivity contribution in [2.24, 2.45) is 0 Å². The molecule has 26 heavy (non-hydrogen) atoms. The van der Waals surface area contributed by atoms with Gasteiger partial charge in [-0.3, -0.25) is 0 Å². The fourth-order valence-corrected chi connectivity index (χ4v) is 3.89. The maximum atomic E-state index is 6.20. The Labute approximate surface area is 163 Å². The van der Waals surface area contributed by atoms with Crippen LogP contribution in [0.4, 0.5) is 0 Å². The van der Waals surface area contributed by atoms with Crippen LogP contribution in [0.5, 0.6) is 0 Å². The highest BCUT2D eigenvalue weighted by Crippen LogP contribution is 2.29. The second-order valence-electron chi connectivity index (χ2n) is 5.84. The molecule has 0 unspecified atom stereocenters. The number of aromatic nitrogens is 6. The van der Waals surface area contributed by atoms with Gasteiger partial charge in [0.1, 0.15) is 11.0 Å². The first-order valence-corrected chi connectivity index (χ1v) is 9.58. The van der Waals surface area contributed by atoms with Gasteiger partial charge in [-0.15, -0.1) is 10.2 Å². The van der Waals surface area contributed by atoms with Gasteiger partial charge in [0.05, 0.1) is 5.69 Å². The van der Waals surface area contributed by atoms with Crippen molar-refractivity contribution >= 4 is 46.0 Å². The zero-order valence-electron chi connectivity index (χ0n) is 14.0. The number of nitrogens with zero attached hydrogens (tertiary/aromatic N) is 5. The molecule has 4 aromatic rings. The SMILES string of the molecule is Cc1cc(C)n(-c2nnc(Cl)c3nc(SCc4cccc(Cl)c4)[nH]c23)n1. The Hall–Kier alpha value is -2.09. The second kappa shape index (κ2) is 6.90. The fraction of sp³-hybridized carbons (Fsp3) is 0.176. The van der Waals surface area contributed by atoms with E-state index in [4.69, 9.17) is 23.2 Å². The van der Waals surface area contributed by atoms with Gasteiger partial charge in [0, 0.05) is 16.5 Å². The molecule has 3 heterocycles. The van der Waals surface area contributed by atoms with E-state index in [2.05, 4.69) is 25.3 Å². The highest BCUT2D eigenvalue weighted by atomic mass is 35.5. The van der Waals surface area contributed by atoms with Gasteiger partial charge in [-0.25, -0.2) is 9.67 Å². The normalized spacial score (nSPS) is 11.4. The van der Waals surface area contributed by atoms with Gasteiger partial charge in [0.25, 0.3) is 0 Å². The molecule has 0 saturated heterocycles. The molecule has 1 N–H and O–H groups in total. The zero-order valence-corrected chi connectivity index (χ0v) is 16.3. The standard InChI is InChI=1S/C17H14Cl2N6S/c1-9-6-10(2)25(24-9)16-14-13(15(19)22-23-16)20-17(21-14)26-8-11-4-3-5-12(18)7-11/h3-7H,8H2,1-2H3,(H,20,21). The number of H-pyrrole nitrogens is 1. The van der Waals surface area contributed by atoms with Gasteiger partial charge in [-0.1, -0.05) is 47.1 Å². The molecule has 0 saturated carbocycles. The molecule has 0 fully saturated rings. The van der Waals surface area contributed by atoms with Gasteiger partial charge >= 0.3 is 0 Å². The summed E-state index contributed by atoms with van der Waals surface area (Å²) in [5.74, 6) is 1.31. The van der Waals surface area contributed by atoms with E-state index in [0.717, 1.165) is 32.9 Å². The number of halogens is 2. The maximum Gasteiger partial charge on any atom is 0.202 e. The lowest BCUT2D eigenvalue weighted by atomic mass is 10.2. The minimum absolute atomic E-state index is 0.260. The summed E-state index contributed by atoms with van der Waals surface area (Å²) < 4.78 is 1.74. The summed E-state index contributed by atoms with van der Waals surface area (Å²) in [6, 6.07) is 9.73. The van der Waals surface area contributed by atoms with Crippen molar-refractivity contribution in [3.05, 3.63) is 57.5 Å². The molecule has 132 valence electrons. The molecule has 0 aliphatic rings. The van der Waals surface area contributed by atoms with Gasteiger partial charge < -0.3 is 4.98 Å². The lowest BCUT2D eigenvalue weighted by Gasteiger charge is -2.03. The Kier molecular flexibility index (Phi) is 4.60. The van der Waals surface area contributed by atoms with Crippen molar-refractivity contribution in [1.29, 1.82) is 0 Å². The number of hydrogen-bond acceptors (Lipinski definition) is 5. The first-order valence-electron chi connectivity index (χ1n) is 7.84. The summed E-state index contributed by atoms with van der Waals surface area (Å²) in [5, 5.41) is 14.4. The highest BCUT2D eigenvalue weighted by Gasteiger charge is 2.17. The van der Waals surface area contributed by atoms with Gasteiger partial charge in [-0.2, -0.15) is 5.10 Å². The number of aryl methyl sites for hydroxylation is 2. The molecule has 0 atom stereocenters. The third-order valence-corrected chi connectivity index (χ3v) is 5.24. The van der Waals surface area contributed by atoms with E-state index in [1.165, 1.54) is 0 Å². The molecule has 0 aliphatic heterocycles. The Balaban J connectivity index is 1.71. The summed E-state index contributed by atoms with van der Waals surface area (Å²) in [7, 11) is 0. The van der Waals surface area contributed by atoms with Crippen LogP contribution in [0, 0.1) is 13.8 Å². The van der Waals surface area contributed by atoms with E-state index in [1.807, 2.05) is 44.2 Å². The van der Waals surface area contributed by atoms with Crippen molar-refractivity contribution in [3.63, 3.8) is 0 Å². The average molecular weight is 405 g/mol. The molecule has 0 radical (unpaired) electrons. The molecular weight excluding hydrogens is 391 g/mol. The third-order valence-electron chi connectivity index (χ3n) is 3.81. The number of hydrogen-bond donors (Lipinski definition) is 1. The average Bonchev–Trinajstić information content (AvgIpc) is 3.17. The van der Waals surface area contributed by atoms with Crippen LogP contribution in [-0.4, -0.2) is 29.9 Å². The largest absolute Gasteiger partial charge is 0.330 e. The summed E-state index contributed by atoms with van der Waals surface area (Å²) in [6.07, 6.45) is 0. The van der Waals surface area contributed by atoms with Crippen LogP contribution in [0.25, 0.3) is 16.9 Å². The monoisotopic (exact) mass is 404 g/mol. The molecule has 1 aromatic carbocycles. The molecule has 0 bridgehead atoms. The Morgan fingerprint density at radius 3 is 2.73 bits per heavy atom. The molecule has 0 spiro atoms. The lowest BCUT2D eigenvalue weighted by Crippen LogP contribution is -2.04. The Morgan fingerprint density at radius 1 is 1.15 bits per heavy atom. The van der Waals surface area contributed by atoms with Crippen LogP contribution in [-0.2, 0) is 5.75 Å².